The predicted octanol–water partition coefficient (Wildman–Crippen LogP) is 4.24. The van der Waals surface area contributed by atoms with Crippen LogP contribution in [0.4, 0.5) is 13.2 Å². The standard InChI is InChI=1S/C13H17NO3.C8H7F3O/c1-9(2)7-12(15)14-8-10-3-5-11(6-4-10)13(16)17;9-8(10,11)7-3-1-6(5-12)2-4-7/h3-6,9H,7-8H2,1-2H3,(H,14,15)(H,16,17);1-4,12H,5H2. The Hall–Kier alpha value is -2.87. The first-order valence-electron chi connectivity index (χ1n) is 8.88. The van der Waals surface area contributed by atoms with E-state index in [1.54, 1.807) is 12.1 Å². The molecule has 0 bridgehead atoms. The average molecular weight is 411 g/mol. The van der Waals surface area contributed by atoms with E-state index in [0.29, 0.717) is 24.4 Å². The number of benzene rings is 2. The lowest BCUT2D eigenvalue weighted by molar-refractivity contribution is -0.137. The third-order valence-electron chi connectivity index (χ3n) is 3.75. The van der Waals surface area contributed by atoms with Gasteiger partial charge in [-0.3, -0.25) is 4.79 Å². The van der Waals surface area contributed by atoms with E-state index in [2.05, 4.69) is 5.32 Å². The van der Waals surface area contributed by atoms with E-state index in [4.69, 9.17) is 10.2 Å². The molecule has 0 unspecified atom stereocenters. The maximum atomic E-state index is 12.0. The molecule has 2 rings (SSSR count). The fraction of sp³-hybridized carbons (Fsp3) is 0.333. The van der Waals surface area contributed by atoms with Crippen molar-refractivity contribution in [1.29, 1.82) is 0 Å². The van der Waals surface area contributed by atoms with E-state index in [1.807, 2.05) is 13.8 Å². The molecular formula is C21H24F3NO4. The fourth-order valence-corrected chi connectivity index (χ4v) is 2.21. The molecule has 5 nitrogen and oxygen atoms in total. The summed E-state index contributed by atoms with van der Waals surface area (Å²) in [6.45, 7) is 4.17. The van der Waals surface area contributed by atoms with Gasteiger partial charge in [-0.15, -0.1) is 0 Å². The van der Waals surface area contributed by atoms with E-state index in [-0.39, 0.29) is 18.1 Å². The van der Waals surface area contributed by atoms with Crippen molar-refractivity contribution < 1.29 is 33.0 Å². The summed E-state index contributed by atoms with van der Waals surface area (Å²) in [6.07, 6.45) is -3.79. The normalized spacial score (nSPS) is 10.9. The van der Waals surface area contributed by atoms with E-state index in [0.717, 1.165) is 17.7 Å². The number of hydrogen-bond acceptors (Lipinski definition) is 3. The highest BCUT2D eigenvalue weighted by Crippen LogP contribution is 2.28. The first-order valence-corrected chi connectivity index (χ1v) is 8.88. The molecule has 0 aromatic heterocycles. The molecular weight excluding hydrogens is 387 g/mol. The highest BCUT2D eigenvalue weighted by atomic mass is 19.4. The minimum Gasteiger partial charge on any atom is -0.478 e. The number of halogens is 3. The van der Waals surface area contributed by atoms with Gasteiger partial charge in [-0.2, -0.15) is 13.2 Å². The zero-order valence-electron chi connectivity index (χ0n) is 16.2. The van der Waals surface area contributed by atoms with Gasteiger partial charge in [0, 0.05) is 13.0 Å². The van der Waals surface area contributed by atoms with Gasteiger partial charge in [0.2, 0.25) is 5.91 Å². The molecule has 3 N–H and O–H groups in total. The molecule has 0 fully saturated rings. The first kappa shape index (κ1) is 24.2. The molecule has 158 valence electrons. The van der Waals surface area contributed by atoms with Gasteiger partial charge in [0.05, 0.1) is 17.7 Å². The molecule has 0 saturated carbocycles. The van der Waals surface area contributed by atoms with Gasteiger partial charge >= 0.3 is 12.1 Å². The summed E-state index contributed by atoms with van der Waals surface area (Å²) in [6, 6.07) is 10.9. The third-order valence-corrected chi connectivity index (χ3v) is 3.75. The minimum atomic E-state index is -4.30. The van der Waals surface area contributed by atoms with Crippen LogP contribution in [0.5, 0.6) is 0 Å². The number of carbonyl (C=O) groups excluding carboxylic acids is 1. The highest BCUT2D eigenvalue weighted by Gasteiger charge is 2.29. The molecule has 0 spiro atoms. The highest BCUT2D eigenvalue weighted by molar-refractivity contribution is 5.87. The second-order valence-electron chi connectivity index (χ2n) is 6.73. The number of carboxylic acids is 1. The summed E-state index contributed by atoms with van der Waals surface area (Å²) in [5.41, 5.74) is 0.928. The molecule has 0 aliphatic rings. The van der Waals surface area contributed by atoms with E-state index in [9.17, 15) is 22.8 Å². The van der Waals surface area contributed by atoms with Gasteiger partial charge in [0.15, 0.2) is 0 Å². The van der Waals surface area contributed by atoms with Gasteiger partial charge < -0.3 is 15.5 Å². The van der Waals surface area contributed by atoms with Crippen LogP contribution < -0.4 is 5.32 Å². The number of carboxylic acid groups (broad SMARTS) is 1. The molecule has 29 heavy (non-hydrogen) atoms. The fourth-order valence-electron chi connectivity index (χ4n) is 2.21. The number of hydrogen-bond donors (Lipinski definition) is 3. The van der Waals surface area contributed by atoms with Crippen LogP contribution >= 0.6 is 0 Å². The van der Waals surface area contributed by atoms with Crippen LogP contribution in [0.2, 0.25) is 0 Å². The third kappa shape index (κ3) is 9.25. The van der Waals surface area contributed by atoms with Gasteiger partial charge in [0.25, 0.3) is 0 Å². The van der Waals surface area contributed by atoms with E-state index >= 15 is 0 Å². The summed E-state index contributed by atoms with van der Waals surface area (Å²) < 4.78 is 35.9. The number of aromatic carboxylic acids is 1. The summed E-state index contributed by atoms with van der Waals surface area (Å²) in [4.78, 5) is 22.0. The van der Waals surface area contributed by atoms with Gasteiger partial charge in [-0.1, -0.05) is 38.1 Å². The molecule has 2 aromatic rings. The first-order chi connectivity index (χ1) is 13.5. The van der Waals surface area contributed by atoms with Gasteiger partial charge in [0.1, 0.15) is 0 Å². The summed E-state index contributed by atoms with van der Waals surface area (Å²) in [5, 5.41) is 20.1. The quantitative estimate of drug-likeness (QED) is 0.664. The predicted molar refractivity (Wildman–Crippen MR) is 102 cm³/mol. The van der Waals surface area contributed by atoms with Crippen LogP contribution in [0.3, 0.4) is 0 Å². The zero-order valence-corrected chi connectivity index (χ0v) is 16.2. The summed E-state index contributed by atoms with van der Waals surface area (Å²) >= 11 is 0. The van der Waals surface area contributed by atoms with Crippen LogP contribution in [0.1, 0.15) is 47.3 Å². The molecule has 0 atom stereocenters. The Morgan fingerprint density at radius 1 is 0.966 bits per heavy atom. The van der Waals surface area contributed by atoms with Crippen molar-refractivity contribution in [3.8, 4) is 0 Å². The Kier molecular flexibility index (Phi) is 9.34. The monoisotopic (exact) mass is 411 g/mol. The molecule has 0 heterocycles. The second kappa shape index (κ2) is 11.2. The van der Waals surface area contributed by atoms with E-state index in [1.165, 1.54) is 24.3 Å². The SMILES string of the molecule is CC(C)CC(=O)NCc1ccc(C(=O)O)cc1.OCc1ccc(C(F)(F)F)cc1. The second-order valence-corrected chi connectivity index (χ2v) is 6.73. The number of aliphatic hydroxyl groups is 1. The molecule has 0 aliphatic carbocycles. The van der Waals surface area contributed by atoms with Crippen LogP contribution in [-0.2, 0) is 24.1 Å². The van der Waals surface area contributed by atoms with Gasteiger partial charge in [-0.25, -0.2) is 4.79 Å². The molecule has 8 heteroatoms. The lowest BCUT2D eigenvalue weighted by Crippen LogP contribution is -2.23. The number of rotatable bonds is 6. The largest absolute Gasteiger partial charge is 0.478 e. The van der Waals surface area contributed by atoms with Crippen molar-refractivity contribution in [2.45, 2.75) is 39.6 Å². The molecule has 0 radical (unpaired) electrons. The van der Waals surface area contributed by atoms with Crippen molar-refractivity contribution in [3.05, 3.63) is 70.8 Å². The van der Waals surface area contributed by atoms with Crippen LogP contribution in [0.15, 0.2) is 48.5 Å². The molecule has 0 aliphatic heterocycles. The van der Waals surface area contributed by atoms with Crippen LogP contribution in [-0.4, -0.2) is 22.1 Å². The van der Waals surface area contributed by atoms with Crippen molar-refractivity contribution in [1.82, 2.24) is 5.32 Å². The summed E-state index contributed by atoms with van der Waals surface area (Å²) in [7, 11) is 0. The summed E-state index contributed by atoms with van der Waals surface area (Å²) in [5.74, 6) is -0.591. The Morgan fingerprint density at radius 2 is 1.48 bits per heavy atom. The number of aliphatic hydroxyl groups excluding tert-OH is 1. The number of nitrogens with one attached hydrogen (secondary N) is 1. The molecule has 2 aromatic carbocycles. The van der Waals surface area contributed by atoms with Gasteiger partial charge in [-0.05, 0) is 41.3 Å². The van der Waals surface area contributed by atoms with Crippen molar-refractivity contribution in [3.63, 3.8) is 0 Å². The molecule has 1 amide bonds. The average Bonchev–Trinajstić information content (AvgIpc) is 2.66. The molecule has 0 saturated heterocycles. The Bertz CT molecular complexity index is 785. The maximum Gasteiger partial charge on any atom is 0.416 e. The zero-order chi connectivity index (χ0) is 22.0. The Morgan fingerprint density at radius 3 is 1.90 bits per heavy atom. The number of amides is 1. The lowest BCUT2D eigenvalue weighted by Gasteiger charge is -2.07. The number of alkyl halides is 3. The minimum absolute atomic E-state index is 0.0160. The van der Waals surface area contributed by atoms with Crippen LogP contribution in [0.25, 0.3) is 0 Å². The smallest absolute Gasteiger partial charge is 0.416 e. The lowest BCUT2D eigenvalue weighted by atomic mass is 10.1. The number of carbonyl (C=O) groups is 2. The Labute approximate surface area is 167 Å². The maximum absolute atomic E-state index is 12.0. The van der Waals surface area contributed by atoms with Crippen molar-refractivity contribution >= 4 is 11.9 Å². The Balaban J connectivity index is 0.000000308. The van der Waals surface area contributed by atoms with Crippen LogP contribution in [0, 0.1) is 5.92 Å². The van der Waals surface area contributed by atoms with Crippen molar-refractivity contribution in [2.75, 3.05) is 0 Å². The van der Waals surface area contributed by atoms with E-state index < -0.39 is 17.7 Å². The topological polar surface area (TPSA) is 86.6 Å². The van der Waals surface area contributed by atoms with Crippen molar-refractivity contribution in [2.24, 2.45) is 5.92 Å².